The Morgan fingerprint density at radius 3 is 2.50 bits per heavy atom. The molecule has 106 valence electrons. The first-order valence-electron chi connectivity index (χ1n) is 6.03. The molecular weight excluding hydrogens is 328 g/mol. The molecule has 2 nitrogen and oxygen atoms in total. The molecule has 0 saturated heterocycles. The zero-order chi connectivity index (χ0) is 14.7. The molecule has 0 bridgehead atoms. The van der Waals surface area contributed by atoms with Crippen LogP contribution in [-0.2, 0) is 0 Å². The maximum atomic E-state index is 14.1. The maximum Gasteiger partial charge on any atom is 0.137 e. The molecule has 0 aromatic heterocycles. The molecule has 2 rings (SSSR count). The van der Waals surface area contributed by atoms with E-state index in [4.69, 9.17) is 4.74 Å². The van der Waals surface area contributed by atoms with Crippen molar-refractivity contribution in [2.75, 3.05) is 14.2 Å². The van der Waals surface area contributed by atoms with E-state index in [-0.39, 0.29) is 11.6 Å². The van der Waals surface area contributed by atoms with Crippen LogP contribution in [0.5, 0.6) is 5.75 Å². The molecule has 1 N–H and O–H groups in total. The van der Waals surface area contributed by atoms with Gasteiger partial charge in [-0.15, -0.1) is 0 Å². The van der Waals surface area contributed by atoms with Gasteiger partial charge in [-0.2, -0.15) is 0 Å². The van der Waals surface area contributed by atoms with Gasteiger partial charge in [-0.25, -0.2) is 8.78 Å². The first kappa shape index (κ1) is 14.9. The molecule has 0 heterocycles. The molecule has 20 heavy (non-hydrogen) atoms. The highest BCUT2D eigenvalue weighted by Crippen LogP contribution is 2.33. The fourth-order valence-electron chi connectivity index (χ4n) is 2.15. The first-order chi connectivity index (χ1) is 9.58. The number of hydrogen-bond acceptors (Lipinski definition) is 2. The Hall–Kier alpha value is -1.46. The Labute approximate surface area is 124 Å². The van der Waals surface area contributed by atoms with Crippen LogP contribution < -0.4 is 10.1 Å². The Morgan fingerprint density at radius 1 is 1.15 bits per heavy atom. The summed E-state index contributed by atoms with van der Waals surface area (Å²) < 4.78 is 33.0. The Morgan fingerprint density at radius 2 is 1.90 bits per heavy atom. The molecule has 2 aromatic carbocycles. The van der Waals surface area contributed by atoms with Gasteiger partial charge in [0.1, 0.15) is 17.4 Å². The second kappa shape index (κ2) is 6.33. The average molecular weight is 342 g/mol. The number of hydrogen-bond donors (Lipinski definition) is 1. The van der Waals surface area contributed by atoms with Crippen LogP contribution in [0.3, 0.4) is 0 Å². The highest BCUT2D eigenvalue weighted by Gasteiger charge is 2.21. The number of nitrogens with one attached hydrogen (secondary N) is 1. The molecule has 0 radical (unpaired) electrons. The fourth-order valence-corrected chi connectivity index (χ4v) is 2.54. The van der Waals surface area contributed by atoms with Crippen molar-refractivity contribution in [2.45, 2.75) is 6.04 Å². The minimum absolute atomic E-state index is 0.338. The van der Waals surface area contributed by atoms with Crippen molar-refractivity contribution >= 4 is 15.9 Å². The summed E-state index contributed by atoms with van der Waals surface area (Å²) in [7, 11) is 3.21. The summed E-state index contributed by atoms with van der Waals surface area (Å²) in [6.07, 6.45) is 0. The van der Waals surface area contributed by atoms with E-state index in [1.54, 1.807) is 31.3 Å². The zero-order valence-electron chi connectivity index (χ0n) is 11.1. The summed E-state index contributed by atoms with van der Waals surface area (Å²) in [5, 5.41) is 3.03. The van der Waals surface area contributed by atoms with E-state index < -0.39 is 6.04 Å². The van der Waals surface area contributed by atoms with Gasteiger partial charge in [0.05, 0.1) is 23.2 Å². The summed E-state index contributed by atoms with van der Waals surface area (Å²) >= 11 is 3.14. The van der Waals surface area contributed by atoms with Gasteiger partial charge in [-0.3, -0.25) is 0 Å². The van der Waals surface area contributed by atoms with Crippen LogP contribution in [0.1, 0.15) is 17.2 Å². The monoisotopic (exact) mass is 341 g/mol. The SMILES string of the molecule is CNC(c1ccc(F)c(Br)c1)c1c(F)cccc1OC. The minimum atomic E-state index is -0.428. The number of ether oxygens (including phenoxy) is 1. The van der Waals surface area contributed by atoms with Crippen molar-refractivity contribution in [1.29, 1.82) is 0 Å². The van der Waals surface area contributed by atoms with Gasteiger partial charge < -0.3 is 10.1 Å². The molecule has 0 fully saturated rings. The quantitative estimate of drug-likeness (QED) is 0.905. The Kier molecular flexibility index (Phi) is 4.73. The highest BCUT2D eigenvalue weighted by atomic mass is 79.9. The van der Waals surface area contributed by atoms with Crippen LogP contribution in [0.25, 0.3) is 0 Å². The Bertz CT molecular complexity index is 619. The van der Waals surface area contributed by atoms with Crippen molar-refractivity contribution in [3.8, 4) is 5.75 Å². The van der Waals surface area contributed by atoms with Crippen LogP contribution >= 0.6 is 15.9 Å². The van der Waals surface area contributed by atoms with Gasteiger partial charge in [-0.05, 0) is 52.8 Å². The van der Waals surface area contributed by atoms with Crippen LogP contribution in [0.15, 0.2) is 40.9 Å². The number of benzene rings is 2. The van der Waals surface area contributed by atoms with Gasteiger partial charge in [0.15, 0.2) is 0 Å². The number of halogens is 3. The van der Waals surface area contributed by atoms with Crippen molar-refractivity contribution in [2.24, 2.45) is 0 Å². The van der Waals surface area contributed by atoms with Crippen LogP contribution in [0.4, 0.5) is 8.78 Å². The standard InChI is InChI=1S/C15H14BrF2NO/c1-19-15(9-6-7-11(17)10(16)8-9)14-12(18)4-3-5-13(14)20-2/h3-8,15,19H,1-2H3. The maximum absolute atomic E-state index is 14.1. The number of methoxy groups -OCH3 is 1. The molecule has 5 heteroatoms. The molecule has 0 saturated carbocycles. The molecule has 1 atom stereocenters. The smallest absolute Gasteiger partial charge is 0.137 e. The predicted octanol–water partition coefficient (Wildman–Crippen LogP) is 4.04. The summed E-state index contributed by atoms with van der Waals surface area (Å²) in [5.74, 6) is -0.280. The number of rotatable bonds is 4. The van der Waals surface area contributed by atoms with E-state index in [2.05, 4.69) is 21.2 Å². The fraction of sp³-hybridized carbons (Fsp3) is 0.200. The third-order valence-corrected chi connectivity index (χ3v) is 3.69. The van der Waals surface area contributed by atoms with Gasteiger partial charge in [0.25, 0.3) is 0 Å². The molecule has 0 spiro atoms. The van der Waals surface area contributed by atoms with Crippen molar-refractivity contribution in [3.63, 3.8) is 0 Å². The molecular formula is C15H14BrF2NO. The van der Waals surface area contributed by atoms with E-state index >= 15 is 0 Å². The van der Waals surface area contributed by atoms with E-state index in [1.165, 1.54) is 19.2 Å². The summed E-state index contributed by atoms with van der Waals surface area (Å²) in [6.45, 7) is 0. The van der Waals surface area contributed by atoms with E-state index in [0.717, 1.165) is 5.56 Å². The molecule has 0 aliphatic carbocycles. The van der Waals surface area contributed by atoms with E-state index in [1.807, 2.05) is 0 Å². The third-order valence-electron chi connectivity index (χ3n) is 3.09. The van der Waals surface area contributed by atoms with Crippen molar-refractivity contribution in [3.05, 3.63) is 63.6 Å². The first-order valence-corrected chi connectivity index (χ1v) is 6.82. The van der Waals surface area contributed by atoms with Crippen molar-refractivity contribution in [1.82, 2.24) is 5.32 Å². The average Bonchev–Trinajstić information content (AvgIpc) is 2.45. The van der Waals surface area contributed by atoms with Gasteiger partial charge in [-0.1, -0.05) is 12.1 Å². The largest absolute Gasteiger partial charge is 0.496 e. The zero-order valence-corrected chi connectivity index (χ0v) is 12.7. The van der Waals surface area contributed by atoms with Crippen LogP contribution in [0, 0.1) is 11.6 Å². The van der Waals surface area contributed by atoms with Crippen LogP contribution in [-0.4, -0.2) is 14.2 Å². The van der Waals surface area contributed by atoms with Crippen LogP contribution in [0.2, 0.25) is 0 Å². The van der Waals surface area contributed by atoms with E-state index in [0.29, 0.717) is 15.8 Å². The van der Waals surface area contributed by atoms with Gasteiger partial charge in [0.2, 0.25) is 0 Å². The molecule has 0 aliphatic rings. The third kappa shape index (κ3) is 2.83. The molecule has 0 aliphatic heterocycles. The lowest BCUT2D eigenvalue weighted by Gasteiger charge is -2.20. The molecule has 2 aromatic rings. The minimum Gasteiger partial charge on any atom is -0.496 e. The second-order valence-electron chi connectivity index (χ2n) is 4.25. The lowest BCUT2D eigenvalue weighted by molar-refractivity contribution is 0.398. The highest BCUT2D eigenvalue weighted by molar-refractivity contribution is 9.10. The normalized spacial score (nSPS) is 12.2. The molecule has 1 unspecified atom stereocenters. The Balaban J connectivity index is 2.55. The van der Waals surface area contributed by atoms with E-state index in [9.17, 15) is 8.78 Å². The van der Waals surface area contributed by atoms with Crippen molar-refractivity contribution < 1.29 is 13.5 Å². The lowest BCUT2D eigenvalue weighted by Crippen LogP contribution is -2.20. The summed E-state index contributed by atoms with van der Waals surface area (Å²) in [4.78, 5) is 0. The predicted molar refractivity (Wildman–Crippen MR) is 78.0 cm³/mol. The topological polar surface area (TPSA) is 21.3 Å². The molecule has 0 amide bonds. The van der Waals surface area contributed by atoms with Gasteiger partial charge in [0, 0.05) is 0 Å². The summed E-state index contributed by atoms with van der Waals surface area (Å²) in [5.41, 5.74) is 1.14. The summed E-state index contributed by atoms with van der Waals surface area (Å²) in [6, 6.07) is 8.82. The lowest BCUT2D eigenvalue weighted by atomic mass is 9.97. The van der Waals surface area contributed by atoms with Gasteiger partial charge >= 0.3 is 0 Å². The second-order valence-corrected chi connectivity index (χ2v) is 5.11.